The van der Waals surface area contributed by atoms with Gasteiger partial charge in [0.05, 0.1) is 0 Å². The first-order valence-corrected chi connectivity index (χ1v) is 16.8. The van der Waals surface area contributed by atoms with Crippen LogP contribution >= 0.6 is 9.95 Å². The summed E-state index contributed by atoms with van der Waals surface area (Å²) in [6.45, 7) is 21.3. The molecule has 0 spiro atoms. The van der Waals surface area contributed by atoms with E-state index in [-0.39, 0.29) is 29.5 Å². The van der Waals surface area contributed by atoms with E-state index in [1.54, 1.807) is 0 Å². The molecular formula is C24H33AsClSi. The normalized spacial score (nSPS) is 16.7. The fourth-order valence-corrected chi connectivity index (χ4v) is 14.2. The van der Waals surface area contributed by atoms with Crippen LogP contribution in [-0.4, -0.2) is 22.9 Å². The third-order valence-electron chi connectivity index (χ3n) is 6.05. The van der Waals surface area contributed by atoms with Crippen molar-refractivity contribution in [3.8, 4) is 11.1 Å². The maximum absolute atomic E-state index is 6.97. The Bertz CT molecular complexity index is 815. The van der Waals surface area contributed by atoms with Crippen LogP contribution < -0.4 is 0 Å². The van der Waals surface area contributed by atoms with E-state index in [9.17, 15) is 0 Å². The quantitative estimate of drug-likeness (QED) is 0.415. The molecule has 0 aliphatic heterocycles. The van der Waals surface area contributed by atoms with Crippen LogP contribution in [0.3, 0.4) is 0 Å². The zero-order chi connectivity index (χ0) is 20.4. The molecule has 0 amide bonds. The van der Waals surface area contributed by atoms with E-state index >= 15 is 0 Å². The topological polar surface area (TPSA) is 0 Å². The molecule has 2 aromatic rings. The van der Waals surface area contributed by atoms with Gasteiger partial charge in [-0.25, -0.2) is 0 Å². The van der Waals surface area contributed by atoms with Gasteiger partial charge in [-0.3, -0.25) is 0 Å². The van der Waals surface area contributed by atoms with Gasteiger partial charge in [-0.15, -0.1) is 0 Å². The molecule has 1 aliphatic carbocycles. The summed E-state index contributed by atoms with van der Waals surface area (Å²) in [5, 5.41) is 0. The third-order valence-corrected chi connectivity index (χ3v) is 17.2. The van der Waals surface area contributed by atoms with Crippen LogP contribution in [0.1, 0.15) is 63.8 Å². The summed E-state index contributed by atoms with van der Waals surface area (Å²) in [6.07, 6.45) is 0. The summed E-state index contributed by atoms with van der Waals surface area (Å²) in [5.41, 5.74) is 8.96. The first-order chi connectivity index (χ1) is 12.2. The average molecular weight is 460 g/mol. The molecule has 0 atom stereocenters. The van der Waals surface area contributed by atoms with Crippen LogP contribution in [0.15, 0.2) is 36.4 Å². The van der Waals surface area contributed by atoms with Gasteiger partial charge in [-0.2, -0.15) is 0 Å². The Morgan fingerprint density at radius 3 is 1.37 bits per heavy atom. The molecule has 145 valence electrons. The molecule has 0 fully saturated rings. The Morgan fingerprint density at radius 1 is 0.741 bits per heavy atom. The van der Waals surface area contributed by atoms with E-state index in [4.69, 9.17) is 9.95 Å². The molecular weight excluding hydrogens is 427 g/mol. The van der Waals surface area contributed by atoms with E-state index in [2.05, 4.69) is 97.6 Å². The van der Waals surface area contributed by atoms with Crippen LogP contribution in [0.4, 0.5) is 0 Å². The standard InChI is InChI=1S/C24H33AsClSi/c1-22(2,3)16-10-12-18-19-13-11-17(23(4,5)6)15-21(19)24(25-26,20(18)14-16)27(7,8)9/h10-15H,1-9H3. The van der Waals surface area contributed by atoms with Gasteiger partial charge in [0.25, 0.3) is 0 Å². The fraction of sp³-hybridized carbons (Fsp3) is 0.500. The molecule has 0 saturated carbocycles. The predicted octanol–water partition coefficient (Wildman–Crippen LogP) is 7.24. The van der Waals surface area contributed by atoms with E-state index in [0.29, 0.717) is 0 Å². The van der Waals surface area contributed by atoms with E-state index in [1.165, 1.54) is 33.4 Å². The summed E-state index contributed by atoms with van der Waals surface area (Å²) >= 11 is -0.342. The van der Waals surface area contributed by atoms with Gasteiger partial charge in [0.1, 0.15) is 0 Å². The molecule has 0 N–H and O–H groups in total. The van der Waals surface area contributed by atoms with Gasteiger partial charge in [0, 0.05) is 0 Å². The van der Waals surface area contributed by atoms with Crippen LogP contribution in [0, 0.1) is 0 Å². The molecule has 3 heteroatoms. The molecule has 0 heterocycles. The summed E-state index contributed by atoms with van der Waals surface area (Å²) in [7, 11) is 5.34. The van der Waals surface area contributed by atoms with E-state index < -0.39 is 8.07 Å². The molecule has 0 saturated heterocycles. The Labute approximate surface area is 178 Å². The zero-order valence-corrected chi connectivity index (χ0v) is 21.9. The Kier molecular flexibility index (Phi) is 5.12. The van der Waals surface area contributed by atoms with Gasteiger partial charge in [0.15, 0.2) is 0 Å². The van der Waals surface area contributed by atoms with Crippen LogP contribution in [-0.2, 0) is 14.7 Å². The number of rotatable bonds is 2. The van der Waals surface area contributed by atoms with Crippen LogP contribution in [0.25, 0.3) is 11.1 Å². The molecule has 2 aromatic carbocycles. The van der Waals surface area contributed by atoms with Crippen molar-refractivity contribution in [1.82, 2.24) is 0 Å². The van der Waals surface area contributed by atoms with Gasteiger partial charge < -0.3 is 0 Å². The minimum absolute atomic E-state index is 0.0538. The van der Waals surface area contributed by atoms with Crippen molar-refractivity contribution in [1.29, 1.82) is 0 Å². The second-order valence-electron chi connectivity index (χ2n) is 11.1. The first kappa shape index (κ1) is 21.2. The molecule has 0 unspecified atom stereocenters. The van der Waals surface area contributed by atoms with Crippen molar-refractivity contribution < 1.29 is 0 Å². The Morgan fingerprint density at radius 2 is 1.11 bits per heavy atom. The second-order valence-corrected chi connectivity index (χ2v) is 19.9. The van der Waals surface area contributed by atoms with Gasteiger partial charge >= 0.3 is 178 Å². The Balaban J connectivity index is 2.39. The van der Waals surface area contributed by atoms with Crippen molar-refractivity contribution in [3.05, 3.63) is 58.7 Å². The second kappa shape index (κ2) is 6.51. The number of hydrogen-bond donors (Lipinski definition) is 0. The van der Waals surface area contributed by atoms with Crippen LogP contribution in [0.2, 0.25) is 19.6 Å². The monoisotopic (exact) mass is 459 g/mol. The summed E-state index contributed by atoms with van der Waals surface area (Å²) in [5.74, 6) is 0. The van der Waals surface area contributed by atoms with Crippen molar-refractivity contribution in [3.63, 3.8) is 0 Å². The molecule has 1 radical (unpaired) electrons. The molecule has 0 aromatic heterocycles. The molecule has 0 nitrogen and oxygen atoms in total. The number of benzene rings is 2. The molecule has 1 aliphatic rings. The van der Waals surface area contributed by atoms with Crippen molar-refractivity contribution in [2.24, 2.45) is 0 Å². The van der Waals surface area contributed by atoms with Crippen molar-refractivity contribution >= 4 is 32.8 Å². The van der Waals surface area contributed by atoms with E-state index in [1.807, 2.05) is 0 Å². The number of fused-ring (bicyclic) bond motifs is 3. The molecule has 3 rings (SSSR count). The van der Waals surface area contributed by atoms with Crippen molar-refractivity contribution in [2.45, 2.75) is 75.8 Å². The summed E-state index contributed by atoms with van der Waals surface area (Å²) < 4.78 is 0.0538. The fourth-order valence-electron chi connectivity index (χ4n) is 4.26. The maximum atomic E-state index is 6.97. The number of hydrogen-bond acceptors (Lipinski definition) is 0. The SMILES string of the molecule is CC(C)(C)c1ccc2c(c1)C([As]Cl)([Si](C)(C)C)c1cc(C(C)(C)C)ccc1-2. The minimum atomic E-state index is -1.63. The van der Waals surface area contributed by atoms with E-state index in [0.717, 1.165) is 0 Å². The predicted molar refractivity (Wildman–Crippen MR) is 125 cm³/mol. The average Bonchev–Trinajstić information content (AvgIpc) is 2.82. The number of halogens is 1. The van der Waals surface area contributed by atoms with Crippen molar-refractivity contribution in [2.75, 3.05) is 0 Å². The van der Waals surface area contributed by atoms with Gasteiger partial charge in [-0.05, 0) is 0 Å². The molecule has 27 heavy (non-hydrogen) atoms. The first-order valence-electron chi connectivity index (χ1n) is 9.87. The van der Waals surface area contributed by atoms with Gasteiger partial charge in [-0.1, -0.05) is 0 Å². The Hall–Kier alpha value is -0.495. The van der Waals surface area contributed by atoms with Gasteiger partial charge in [0.2, 0.25) is 0 Å². The van der Waals surface area contributed by atoms with Crippen LogP contribution in [0.5, 0.6) is 0 Å². The summed E-state index contributed by atoms with van der Waals surface area (Å²) in [6, 6.07) is 14.4. The molecule has 0 bridgehead atoms. The third kappa shape index (κ3) is 3.28. The zero-order valence-electron chi connectivity index (χ0n) is 18.3. The summed E-state index contributed by atoms with van der Waals surface area (Å²) in [4.78, 5) is 0.